The minimum atomic E-state index is -1.26. The summed E-state index contributed by atoms with van der Waals surface area (Å²) >= 11 is 0. The highest BCUT2D eigenvalue weighted by Crippen LogP contribution is 2.01. The van der Waals surface area contributed by atoms with E-state index in [1.165, 1.54) is 5.32 Å². The van der Waals surface area contributed by atoms with Gasteiger partial charge in [-0.2, -0.15) is 0 Å². The van der Waals surface area contributed by atoms with Crippen LogP contribution in [-0.4, -0.2) is 18.0 Å². The fourth-order valence-electron chi connectivity index (χ4n) is 0.903. The highest BCUT2D eigenvalue weighted by Gasteiger charge is 2.18. The molecular weight excluding hydrogens is 164 g/mol. The second-order valence-electron chi connectivity index (χ2n) is 4.18. The lowest BCUT2D eigenvalue weighted by atomic mass is 10.4. The van der Waals surface area contributed by atoms with E-state index in [1.54, 1.807) is 0 Å². The van der Waals surface area contributed by atoms with E-state index in [9.17, 15) is 0 Å². The zero-order valence-electron chi connectivity index (χ0n) is 8.47. The highest BCUT2D eigenvalue weighted by molar-refractivity contribution is 6.88. The molecule has 12 heavy (non-hydrogen) atoms. The molecule has 0 fully saturated rings. The molecule has 0 aliphatic carbocycles. The topological polar surface area (TPSA) is 25.8 Å². The quantitative estimate of drug-likeness (QED) is 0.614. The van der Waals surface area contributed by atoms with Crippen LogP contribution >= 0.6 is 0 Å². The maximum absolute atomic E-state index is 4.54. The van der Waals surface area contributed by atoms with Crippen LogP contribution in [-0.2, 0) is 0 Å². The molecule has 0 amide bonds. The van der Waals surface area contributed by atoms with Crippen LogP contribution in [0, 0.1) is 13.8 Å². The van der Waals surface area contributed by atoms with Crippen LogP contribution in [0.15, 0.2) is 6.20 Å². The van der Waals surface area contributed by atoms with E-state index < -0.39 is 8.07 Å². The molecule has 0 saturated carbocycles. The van der Waals surface area contributed by atoms with Crippen molar-refractivity contribution < 1.29 is 0 Å². The second-order valence-corrected chi connectivity index (χ2v) is 9.19. The third-order valence-corrected chi connectivity index (χ3v) is 3.74. The van der Waals surface area contributed by atoms with Gasteiger partial charge >= 0.3 is 0 Å². The predicted molar refractivity (Wildman–Crippen MR) is 54.5 cm³/mol. The van der Waals surface area contributed by atoms with Crippen molar-refractivity contribution in [2.24, 2.45) is 0 Å². The normalized spacial score (nSPS) is 11.8. The first-order chi connectivity index (χ1) is 5.41. The Hall–Kier alpha value is -0.703. The molecule has 1 heterocycles. The van der Waals surface area contributed by atoms with Gasteiger partial charge in [-0.1, -0.05) is 19.6 Å². The molecule has 66 valence electrons. The molecule has 0 aliphatic rings. The van der Waals surface area contributed by atoms with Gasteiger partial charge in [-0.15, -0.1) is 0 Å². The first-order valence-electron chi connectivity index (χ1n) is 4.22. The fraction of sp³-hybridized carbons (Fsp3) is 0.556. The van der Waals surface area contributed by atoms with Gasteiger partial charge in [-0.05, 0) is 13.8 Å². The van der Waals surface area contributed by atoms with Crippen molar-refractivity contribution >= 4 is 13.4 Å². The van der Waals surface area contributed by atoms with E-state index >= 15 is 0 Å². The Labute approximate surface area is 75.1 Å². The largest absolute Gasteiger partial charge is 0.260 e. The molecule has 1 aromatic heterocycles. The molecule has 0 spiro atoms. The van der Waals surface area contributed by atoms with Gasteiger partial charge in [0.2, 0.25) is 0 Å². The molecule has 0 aromatic carbocycles. The molecule has 3 heteroatoms. The van der Waals surface area contributed by atoms with E-state index in [1.807, 2.05) is 20.0 Å². The summed E-state index contributed by atoms with van der Waals surface area (Å²) in [5.74, 6) is 0. The van der Waals surface area contributed by atoms with Crippen molar-refractivity contribution in [3.63, 3.8) is 0 Å². The first-order valence-corrected chi connectivity index (χ1v) is 7.72. The van der Waals surface area contributed by atoms with E-state index in [0.29, 0.717) is 0 Å². The fourth-order valence-corrected chi connectivity index (χ4v) is 1.86. The maximum Gasteiger partial charge on any atom is 0.103 e. The third-order valence-electron chi connectivity index (χ3n) is 1.96. The van der Waals surface area contributed by atoms with Crippen molar-refractivity contribution in [2.75, 3.05) is 0 Å². The summed E-state index contributed by atoms with van der Waals surface area (Å²) in [5, 5.41) is 1.20. The van der Waals surface area contributed by atoms with Gasteiger partial charge in [0.25, 0.3) is 0 Å². The lowest BCUT2D eigenvalue weighted by molar-refractivity contribution is 1.06. The second kappa shape index (κ2) is 2.97. The molecule has 0 bridgehead atoms. The minimum Gasteiger partial charge on any atom is -0.260 e. The summed E-state index contributed by atoms with van der Waals surface area (Å²) in [4.78, 5) is 8.86. The number of hydrogen-bond acceptors (Lipinski definition) is 2. The van der Waals surface area contributed by atoms with Crippen LogP contribution in [0.1, 0.15) is 11.4 Å². The van der Waals surface area contributed by atoms with Crippen molar-refractivity contribution in [1.29, 1.82) is 0 Å². The van der Waals surface area contributed by atoms with Crippen LogP contribution < -0.4 is 5.32 Å². The zero-order chi connectivity index (χ0) is 9.35. The van der Waals surface area contributed by atoms with Gasteiger partial charge in [-0.3, -0.25) is 9.97 Å². The monoisotopic (exact) mass is 180 g/mol. The number of nitrogens with zero attached hydrogens (tertiary/aromatic N) is 2. The van der Waals surface area contributed by atoms with Crippen LogP contribution in [0.4, 0.5) is 0 Å². The zero-order valence-corrected chi connectivity index (χ0v) is 9.47. The first kappa shape index (κ1) is 9.39. The van der Waals surface area contributed by atoms with Crippen molar-refractivity contribution in [1.82, 2.24) is 9.97 Å². The summed E-state index contributed by atoms with van der Waals surface area (Å²) < 4.78 is 0. The molecule has 0 saturated heterocycles. The van der Waals surface area contributed by atoms with Crippen molar-refractivity contribution in [3.05, 3.63) is 17.6 Å². The van der Waals surface area contributed by atoms with E-state index in [2.05, 4.69) is 29.6 Å². The lowest BCUT2D eigenvalue weighted by Crippen LogP contribution is -2.40. The average molecular weight is 180 g/mol. The van der Waals surface area contributed by atoms with Gasteiger partial charge in [0.05, 0.1) is 11.4 Å². The Balaban J connectivity index is 3.14. The smallest absolute Gasteiger partial charge is 0.103 e. The SMILES string of the molecule is Cc1ncc([Si](C)(C)C)nc1C. The summed E-state index contributed by atoms with van der Waals surface area (Å²) in [6.45, 7) is 10.9. The van der Waals surface area contributed by atoms with Gasteiger partial charge in [0, 0.05) is 11.5 Å². The summed E-state index contributed by atoms with van der Waals surface area (Å²) in [6.07, 6.45) is 1.93. The molecule has 0 atom stereocenters. The third kappa shape index (κ3) is 1.91. The summed E-state index contributed by atoms with van der Waals surface area (Å²) in [6, 6.07) is 0. The predicted octanol–water partition coefficient (Wildman–Crippen LogP) is 1.64. The van der Waals surface area contributed by atoms with Crippen molar-refractivity contribution in [3.8, 4) is 0 Å². The van der Waals surface area contributed by atoms with E-state index in [0.717, 1.165) is 11.4 Å². The molecule has 1 rings (SSSR count). The molecule has 2 nitrogen and oxygen atoms in total. The Morgan fingerprint density at radius 3 is 2.08 bits per heavy atom. The molecule has 1 aromatic rings. The number of rotatable bonds is 1. The van der Waals surface area contributed by atoms with Gasteiger partial charge in [0.1, 0.15) is 8.07 Å². The minimum absolute atomic E-state index is 1.04. The molecular formula is C9H16N2Si. The summed E-state index contributed by atoms with van der Waals surface area (Å²) in [7, 11) is -1.26. The Morgan fingerprint density at radius 1 is 1.08 bits per heavy atom. The van der Waals surface area contributed by atoms with Crippen LogP contribution in [0.3, 0.4) is 0 Å². The highest BCUT2D eigenvalue weighted by atomic mass is 28.3. The maximum atomic E-state index is 4.54. The van der Waals surface area contributed by atoms with Gasteiger partial charge in [0.15, 0.2) is 0 Å². The lowest BCUT2D eigenvalue weighted by Gasteiger charge is -2.15. The van der Waals surface area contributed by atoms with E-state index in [-0.39, 0.29) is 0 Å². The molecule has 0 radical (unpaired) electrons. The van der Waals surface area contributed by atoms with Crippen LogP contribution in [0.5, 0.6) is 0 Å². The molecule has 0 unspecified atom stereocenters. The Bertz CT molecular complexity index is 289. The van der Waals surface area contributed by atoms with E-state index in [4.69, 9.17) is 0 Å². The van der Waals surface area contributed by atoms with Crippen LogP contribution in [0.2, 0.25) is 19.6 Å². The van der Waals surface area contributed by atoms with Gasteiger partial charge < -0.3 is 0 Å². The average Bonchev–Trinajstić information content (AvgIpc) is 1.92. The number of aromatic nitrogens is 2. The Kier molecular flexibility index (Phi) is 2.33. The summed E-state index contributed by atoms with van der Waals surface area (Å²) in [5.41, 5.74) is 2.10. The van der Waals surface area contributed by atoms with Gasteiger partial charge in [-0.25, -0.2) is 0 Å². The molecule has 0 N–H and O–H groups in total. The molecule has 0 aliphatic heterocycles. The van der Waals surface area contributed by atoms with Crippen LogP contribution in [0.25, 0.3) is 0 Å². The van der Waals surface area contributed by atoms with Crippen molar-refractivity contribution in [2.45, 2.75) is 33.5 Å². The standard InChI is InChI=1S/C9H16N2Si/c1-7-8(2)11-9(6-10-7)12(3,4)5/h6H,1-5H3. The number of aryl methyl sites for hydroxylation is 2. The number of hydrogen-bond donors (Lipinski definition) is 0. The Morgan fingerprint density at radius 2 is 1.67 bits per heavy atom.